The molecule has 0 radical (unpaired) electrons. The summed E-state index contributed by atoms with van der Waals surface area (Å²) < 4.78 is 5.21. The maximum absolute atomic E-state index is 5.21. The van der Waals surface area contributed by atoms with E-state index in [1.54, 1.807) is 7.11 Å². The summed E-state index contributed by atoms with van der Waals surface area (Å²) in [6.45, 7) is 4.91. The first-order chi connectivity index (χ1) is 13.1. The van der Waals surface area contributed by atoms with E-state index in [-0.39, 0.29) is 0 Å². The summed E-state index contributed by atoms with van der Waals surface area (Å²) in [5.41, 5.74) is 4.72. The van der Waals surface area contributed by atoms with Gasteiger partial charge in [-0.15, -0.1) is 0 Å². The van der Waals surface area contributed by atoms with Gasteiger partial charge in [0.25, 0.3) is 0 Å². The van der Waals surface area contributed by atoms with Crippen molar-refractivity contribution in [2.75, 3.05) is 17.3 Å². The van der Waals surface area contributed by atoms with Gasteiger partial charge in [-0.1, -0.05) is 30.3 Å². The third kappa shape index (κ3) is 3.58. The SMILES string of the molecule is COc1ccc(CNc2nc(C)cc(N3c4ccccc4CC3C)n2)cc1. The number of ether oxygens (including phenoxy) is 1. The number of hydrogen-bond acceptors (Lipinski definition) is 5. The Morgan fingerprint density at radius 2 is 1.89 bits per heavy atom. The van der Waals surface area contributed by atoms with Gasteiger partial charge in [0.2, 0.25) is 5.95 Å². The van der Waals surface area contributed by atoms with Crippen molar-refractivity contribution >= 4 is 17.5 Å². The fourth-order valence-corrected chi connectivity index (χ4v) is 3.59. The Morgan fingerprint density at radius 3 is 2.67 bits per heavy atom. The van der Waals surface area contributed by atoms with Crippen molar-refractivity contribution < 1.29 is 4.74 Å². The predicted molar refractivity (Wildman–Crippen MR) is 109 cm³/mol. The zero-order valence-electron chi connectivity index (χ0n) is 15.9. The Kier molecular flexibility index (Phi) is 4.67. The summed E-state index contributed by atoms with van der Waals surface area (Å²) in [4.78, 5) is 11.7. The number of fused-ring (bicyclic) bond motifs is 1. The van der Waals surface area contributed by atoms with E-state index >= 15 is 0 Å². The first-order valence-electron chi connectivity index (χ1n) is 9.23. The molecule has 2 aromatic carbocycles. The van der Waals surface area contributed by atoms with Gasteiger partial charge < -0.3 is 15.0 Å². The molecule has 1 aliphatic heterocycles. The number of aromatic nitrogens is 2. The van der Waals surface area contributed by atoms with Gasteiger partial charge in [0, 0.05) is 30.0 Å². The number of benzene rings is 2. The molecule has 27 heavy (non-hydrogen) atoms. The van der Waals surface area contributed by atoms with Crippen LogP contribution >= 0.6 is 0 Å². The van der Waals surface area contributed by atoms with Crippen LogP contribution in [0.15, 0.2) is 54.6 Å². The zero-order valence-corrected chi connectivity index (χ0v) is 15.9. The van der Waals surface area contributed by atoms with E-state index in [1.165, 1.54) is 11.3 Å². The number of nitrogens with one attached hydrogen (secondary N) is 1. The highest BCUT2D eigenvalue weighted by atomic mass is 16.5. The first kappa shape index (κ1) is 17.3. The van der Waals surface area contributed by atoms with Gasteiger partial charge in [-0.3, -0.25) is 0 Å². The van der Waals surface area contributed by atoms with Crippen molar-refractivity contribution in [2.24, 2.45) is 0 Å². The molecule has 2 heterocycles. The minimum atomic E-state index is 0.381. The van der Waals surface area contributed by atoms with Gasteiger partial charge in [-0.25, -0.2) is 4.98 Å². The molecule has 0 saturated carbocycles. The van der Waals surface area contributed by atoms with E-state index in [1.807, 2.05) is 31.2 Å². The summed E-state index contributed by atoms with van der Waals surface area (Å²) >= 11 is 0. The highest BCUT2D eigenvalue weighted by Crippen LogP contribution is 2.37. The second kappa shape index (κ2) is 7.27. The maximum Gasteiger partial charge on any atom is 0.225 e. The summed E-state index contributed by atoms with van der Waals surface area (Å²) in [6, 6.07) is 19.0. The van der Waals surface area contributed by atoms with Gasteiger partial charge >= 0.3 is 0 Å². The summed E-state index contributed by atoms with van der Waals surface area (Å²) in [6.07, 6.45) is 1.04. The standard InChI is InChI=1S/C22H24N4O/c1-15-12-21(26-16(2)13-18-6-4-5-7-20(18)26)25-22(24-15)23-14-17-8-10-19(27-3)11-9-17/h4-12,16H,13-14H2,1-3H3,(H,23,24,25). The molecule has 5 heteroatoms. The van der Waals surface area contributed by atoms with Crippen LogP contribution in [0.5, 0.6) is 5.75 Å². The van der Waals surface area contributed by atoms with E-state index in [2.05, 4.69) is 52.5 Å². The molecule has 0 bridgehead atoms. The fourth-order valence-electron chi connectivity index (χ4n) is 3.59. The molecule has 1 atom stereocenters. The van der Waals surface area contributed by atoms with E-state index in [0.717, 1.165) is 29.2 Å². The Labute approximate surface area is 160 Å². The van der Waals surface area contributed by atoms with E-state index < -0.39 is 0 Å². The van der Waals surface area contributed by atoms with E-state index in [0.29, 0.717) is 18.5 Å². The number of methoxy groups -OCH3 is 1. The second-order valence-electron chi connectivity index (χ2n) is 6.94. The fraction of sp³-hybridized carbons (Fsp3) is 0.273. The van der Waals surface area contributed by atoms with Crippen LogP contribution in [0, 0.1) is 6.92 Å². The average molecular weight is 360 g/mol. The van der Waals surface area contributed by atoms with Gasteiger partial charge in [0.1, 0.15) is 11.6 Å². The Hall–Kier alpha value is -3.08. The predicted octanol–water partition coefficient (Wildman–Crippen LogP) is 4.49. The molecular weight excluding hydrogens is 336 g/mol. The number of anilines is 3. The van der Waals surface area contributed by atoms with Crippen molar-refractivity contribution in [3.63, 3.8) is 0 Å². The van der Waals surface area contributed by atoms with Crippen molar-refractivity contribution in [3.8, 4) is 5.75 Å². The van der Waals surface area contributed by atoms with Gasteiger partial charge in [-0.2, -0.15) is 4.98 Å². The summed E-state index contributed by atoms with van der Waals surface area (Å²) in [7, 11) is 1.67. The Morgan fingerprint density at radius 1 is 1.11 bits per heavy atom. The third-order valence-electron chi connectivity index (χ3n) is 4.90. The maximum atomic E-state index is 5.21. The second-order valence-corrected chi connectivity index (χ2v) is 6.94. The monoisotopic (exact) mass is 360 g/mol. The molecule has 1 N–H and O–H groups in total. The number of hydrogen-bond donors (Lipinski definition) is 1. The lowest BCUT2D eigenvalue weighted by Crippen LogP contribution is -2.25. The van der Waals surface area contributed by atoms with Crippen molar-refractivity contribution in [1.82, 2.24) is 9.97 Å². The quantitative estimate of drug-likeness (QED) is 0.726. The molecule has 0 amide bonds. The van der Waals surface area contributed by atoms with E-state index in [4.69, 9.17) is 9.72 Å². The average Bonchev–Trinajstić information content (AvgIpc) is 3.02. The third-order valence-corrected chi connectivity index (χ3v) is 4.90. The number of rotatable bonds is 5. The molecule has 1 unspecified atom stereocenters. The van der Waals surface area contributed by atoms with Crippen LogP contribution in [0.1, 0.15) is 23.7 Å². The molecule has 138 valence electrons. The first-order valence-corrected chi connectivity index (χ1v) is 9.23. The topological polar surface area (TPSA) is 50.3 Å². The molecule has 5 nitrogen and oxygen atoms in total. The minimum absolute atomic E-state index is 0.381. The smallest absolute Gasteiger partial charge is 0.225 e. The van der Waals surface area contributed by atoms with Crippen LogP contribution in [-0.2, 0) is 13.0 Å². The number of aryl methyl sites for hydroxylation is 1. The number of nitrogens with zero attached hydrogens (tertiary/aromatic N) is 3. The van der Waals surface area contributed by atoms with Crippen LogP contribution in [0.25, 0.3) is 0 Å². The van der Waals surface area contributed by atoms with Crippen molar-refractivity contribution in [3.05, 3.63) is 71.4 Å². The minimum Gasteiger partial charge on any atom is -0.497 e. The molecule has 3 aromatic rings. The van der Waals surface area contributed by atoms with Crippen LogP contribution in [-0.4, -0.2) is 23.1 Å². The highest BCUT2D eigenvalue weighted by molar-refractivity contribution is 5.69. The van der Waals surface area contributed by atoms with Crippen molar-refractivity contribution in [1.29, 1.82) is 0 Å². The number of para-hydroxylation sites is 1. The molecule has 0 fully saturated rings. The normalized spacial score (nSPS) is 15.5. The molecule has 0 saturated heterocycles. The highest BCUT2D eigenvalue weighted by Gasteiger charge is 2.28. The van der Waals surface area contributed by atoms with Crippen LogP contribution in [0.4, 0.5) is 17.5 Å². The molecule has 4 rings (SSSR count). The Bertz CT molecular complexity index is 939. The zero-order chi connectivity index (χ0) is 18.8. The largest absolute Gasteiger partial charge is 0.497 e. The lowest BCUT2D eigenvalue weighted by Gasteiger charge is -2.24. The molecule has 0 aliphatic carbocycles. The molecule has 1 aliphatic rings. The molecule has 1 aromatic heterocycles. The lowest BCUT2D eigenvalue weighted by molar-refractivity contribution is 0.414. The van der Waals surface area contributed by atoms with Gasteiger partial charge in [0.05, 0.1) is 7.11 Å². The lowest BCUT2D eigenvalue weighted by atomic mass is 10.1. The summed E-state index contributed by atoms with van der Waals surface area (Å²) in [5, 5.41) is 3.35. The van der Waals surface area contributed by atoms with Crippen molar-refractivity contribution in [2.45, 2.75) is 32.9 Å². The molecule has 0 spiro atoms. The van der Waals surface area contributed by atoms with Crippen LogP contribution in [0.2, 0.25) is 0 Å². The molecular formula is C22H24N4O. The van der Waals surface area contributed by atoms with Gasteiger partial charge in [-0.05, 0) is 49.6 Å². The van der Waals surface area contributed by atoms with E-state index in [9.17, 15) is 0 Å². The Balaban J connectivity index is 1.56. The van der Waals surface area contributed by atoms with Gasteiger partial charge in [0.15, 0.2) is 0 Å². The van der Waals surface area contributed by atoms with Crippen LogP contribution in [0.3, 0.4) is 0 Å². The van der Waals surface area contributed by atoms with Crippen LogP contribution < -0.4 is 15.0 Å². The summed E-state index contributed by atoms with van der Waals surface area (Å²) in [5.74, 6) is 2.45.